The molecule has 0 aliphatic heterocycles. The first-order valence-corrected chi connectivity index (χ1v) is 6.29. The van der Waals surface area contributed by atoms with Gasteiger partial charge in [-0.2, -0.15) is 11.3 Å². The quantitative estimate of drug-likeness (QED) is 0.825. The second-order valence-electron chi connectivity index (χ2n) is 3.52. The van der Waals surface area contributed by atoms with Crippen molar-refractivity contribution in [3.8, 4) is 0 Å². The summed E-state index contributed by atoms with van der Waals surface area (Å²) < 4.78 is 5.08. The first-order chi connectivity index (χ1) is 8.34. The lowest BCUT2D eigenvalue weighted by molar-refractivity contribution is -0.116. The van der Waals surface area contributed by atoms with Crippen LogP contribution >= 0.6 is 11.3 Å². The number of furan rings is 1. The summed E-state index contributed by atoms with van der Waals surface area (Å²) in [5, 5.41) is 6.94. The molecule has 0 aliphatic rings. The van der Waals surface area contributed by atoms with E-state index >= 15 is 0 Å². The number of nitrogens with one attached hydrogen (secondary N) is 1. The van der Waals surface area contributed by atoms with E-state index in [1.54, 1.807) is 35.8 Å². The maximum atomic E-state index is 11.4. The molecular weight excluding hydrogens is 234 g/mol. The molecule has 0 aliphatic carbocycles. The second kappa shape index (κ2) is 6.06. The Bertz CT molecular complexity index is 472. The predicted octanol–water partition coefficient (Wildman–Crippen LogP) is 2.71. The van der Waals surface area contributed by atoms with Crippen LogP contribution in [0.4, 0.5) is 0 Å². The van der Waals surface area contributed by atoms with E-state index < -0.39 is 0 Å². The predicted molar refractivity (Wildman–Crippen MR) is 68.8 cm³/mol. The van der Waals surface area contributed by atoms with Crippen LogP contribution in [0.3, 0.4) is 0 Å². The van der Waals surface area contributed by atoms with Gasteiger partial charge in [0, 0.05) is 12.6 Å². The highest BCUT2D eigenvalue weighted by atomic mass is 32.1. The molecule has 0 aromatic carbocycles. The Labute approximate surface area is 104 Å². The molecule has 1 N–H and O–H groups in total. The van der Waals surface area contributed by atoms with Crippen molar-refractivity contribution in [1.82, 2.24) is 5.32 Å². The summed E-state index contributed by atoms with van der Waals surface area (Å²) in [6.07, 6.45) is 5.57. The largest absolute Gasteiger partial charge is 0.465 e. The van der Waals surface area contributed by atoms with Gasteiger partial charge in [-0.1, -0.05) is 0 Å². The van der Waals surface area contributed by atoms with Gasteiger partial charge < -0.3 is 9.73 Å². The van der Waals surface area contributed by atoms with Crippen LogP contribution in [0.5, 0.6) is 0 Å². The van der Waals surface area contributed by atoms with Gasteiger partial charge in [-0.25, -0.2) is 0 Å². The van der Waals surface area contributed by atoms with Gasteiger partial charge in [-0.15, -0.1) is 0 Å². The number of carbonyl (C=O) groups is 1. The molecule has 17 heavy (non-hydrogen) atoms. The van der Waals surface area contributed by atoms with Crippen LogP contribution in [-0.2, 0) is 11.2 Å². The Kier molecular flexibility index (Phi) is 4.16. The van der Waals surface area contributed by atoms with Crippen molar-refractivity contribution < 1.29 is 9.21 Å². The maximum Gasteiger partial charge on any atom is 0.244 e. The van der Waals surface area contributed by atoms with E-state index in [0.29, 0.717) is 12.3 Å². The number of amides is 1. The minimum atomic E-state index is -0.100. The van der Waals surface area contributed by atoms with Gasteiger partial charge in [0.15, 0.2) is 0 Å². The molecule has 1 amide bonds. The van der Waals surface area contributed by atoms with Crippen molar-refractivity contribution >= 4 is 23.3 Å². The summed E-state index contributed by atoms with van der Waals surface area (Å²) in [7, 11) is 0. The fraction of sp³-hybridized carbons (Fsp3) is 0.154. The Morgan fingerprint density at radius 1 is 1.47 bits per heavy atom. The minimum absolute atomic E-state index is 0.100. The van der Waals surface area contributed by atoms with Gasteiger partial charge in [-0.3, -0.25) is 4.79 Å². The molecule has 0 radical (unpaired) electrons. The zero-order chi connectivity index (χ0) is 11.9. The Hall–Kier alpha value is -1.81. The minimum Gasteiger partial charge on any atom is -0.465 e. The van der Waals surface area contributed by atoms with Crippen molar-refractivity contribution in [2.45, 2.75) is 6.42 Å². The summed E-state index contributed by atoms with van der Waals surface area (Å²) in [5.74, 6) is 0.578. The van der Waals surface area contributed by atoms with Crippen molar-refractivity contribution in [2.24, 2.45) is 0 Å². The van der Waals surface area contributed by atoms with Crippen molar-refractivity contribution in [3.63, 3.8) is 0 Å². The number of hydrogen-bond acceptors (Lipinski definition) is 3. The van der Waals surface area contributed by atoms with Crippen molar-refractivity contribution in [1.29, 1.82) is 0 Å². The highest BCUT2D eigenvalue weighted by Gasteiger charge is 1.97. The first-order valence-electron chi connectivity index (χ1n) is 5.35. The molecular formula is C13H13NO2S. The Balaban J connectivity index is 1.71. The topological polar surface area (TPSA) is 42.2 Å². The number of carbonyl (C=O) groups excluding carboxylic acids is 1. The Morgan fingerprint density at radius 3 is 3.12 bits per heavy atom. The average Bonchev–Trinajstić information content (AvgIpc) is 2.99. The van der Waals surface area contributed by atoms with E-state index in [-0.39, 0.29) is 5.91 Å². The summed E-state index contributed by atoms with van der Waals surface area (Å²) in [5.41, 5.74) is 1.25. The van der Waals surface area contributed by atoms with E-state index in [2.05, 4.69) is 16.8 Å². The van der Waals surface area contributed by atoms with E-state index in [1.807, 2.05) is 5.38 Å². The normalized spacial score (nSPS) is 10.8. The Morgan fingerprint density at radius 2 is 2.41 bits per heavy atom. The molecule has 2 aromatic heterocycles. The third kappa shape index (κ3) is 3.92. The molecule has 2 rings (SSSR count). The molecule has 0 bridgehead atoms. The van der Waals surface area contributed by atoms with E-state index in [4.69, 9.17) is 4.42 Å². The van der Waals surface area contributed by atoms with Crippen LogP contribution in [0.25, 0.3) is 6.08 Å². The standard InChI is InChI=1S/C13H13NO2S/c15-13(4-3-12-2-1-8-16-12)14-7-5-11-6-9-17-10-11/h1-4,6,8-10H,5,7H2,(H,14,15). The first kappa shape index (κ1) is 11.7. The summed E-state index contributed by atoms with van der Waals surface area (Å²) in [6.45, 7) is 0.651. The van der Waals surface area contributed by atoms with Gasteiger partial charge in [0.1, 0.15) is 5.76 Å². The van der Waals surface area contributed by atoms with Gasteiger partial charge in [0.05, 0.1) is 6.26 Å². The molecule has 0 unspecified atom stereocenters. The summed E-state index contributed by atoms with van der Waals surface area (Å²) in [6, 6.07) is 5.65. The number of thiophene rings is 1. The fourth-order valence-corrected chi connectivity index (χ4v) is 2.07. The van der Waals surface area contributed by atoms with Crippen LogP contribution in [0, 0.1) is 0 Å². The van der Waals surface area contributed by atoms with Crippen LogP contribution < -0.4 is 5.32 Å². The fourth-order valence-electron chi connectivity index (χ4n) is 1.37. The van der Waals surface area contributed by atoms with Crippen molar-refractivity contribution in [2.75, 3.05) is 6.54 Å². The smallest absolute Gasteiger partial charge is 0.244 e. The molecule has 0 saturated heterocycles. The molecule has 2 heterocycles. The van der Waals surface area contributed by atoms with Crippen LogP contribution in [-0.4, -0.2) is 12.5 Å². The van der Waals surface area contributed by atoms with Gasteiger partial charge in [-0.05, 0) is 47.0 Å². The second-order valence-corrected chi connectivity index (χ2v) is 4.30. The third-order valence-electron chi connectivity index (χ3n) is 2.24. The molecule has 0 spiro atoms. The number of rotatable bonds is 5. The third-order valence-corrected chi connectivity index (χ3v) is 2.97. The molecule has 4 heteroatoms. The van der Waals surface area contributed by atoms with Gasteiger partial charge in [0.25, 0.3) is 0 Å². The molecule has 3 nitrogen and oxygen atoms in total. The van der Waals surface area contributed by atoms with Gasteiger partial charge >= 0.3 is 0 Å². The monoisotopic (exact) mass is 247 g/mol. The highest BCUT2D eigenvalue weighted by molar-refractivity contribution is 7.07. The molecule has 0 fully saturated rings. The number of hydrogen-bond donors (Lipinski definition) is 1. The average molecular weight is 247 g/mol. The van der Waals surface area contributed by atoms with E-state index in [1.165, 1.54) is 11.6 Å². The molecule has 2 aromatic rings. The van der Waals surface area contributed by atoms with E-state index in [0.717, 1.165) is 6.42 Å². The lowest BCUT2D eigenvalue weighted by Gasteiger charge is -1.99. The van der Waals surface area contributed by atoms with Crippen LogP contribution in [0.15, 0.2) is 45.7 Å². The molecule has 88 valence electrons. The lowest BCUT2D eigenvalue weighted by atomic mass is 10.2. The summed E-state index contributed by atoms with van der Waals surface area (Å²) >= 11 is 1.67. The molecule has 0 saturated carbocycles. The zero-order valence-electron chi connectivity index (χ0n) is 9.26. The summed E-state index contributed by atoms with van der Waals surface area (Å²) in [4.78, 5) is 11.4. The van der Waals surface area contributed by atoms with Crippen LogP contribution in [0.2, 0.25) is 0 Å². The maximum absolute atomic E-state index is 11.4. The van der Waals surface area contributed by atoms with Gasteiger partial charge in [0.2, 0.25) is 5.91 Å². The van der Waals surface area contributed by atoms with Crippen LogP contribution in [0.1, 0.15) is 11.3 Å². The molecule has 0 atom stereocenters. The van der Waals surface area contributed by atoms with E-state index in [9.17, 15) is 4.79 Å². The van der Waals surface area contributed by atoms with Crippen molar-refractivity contribution in [3.05, 3.63) is 52.6 Å². The SMILES string of the molecule is O=C(C=Cc1ccco1)NCCc1ccsc1. The highest BCUT2D eigenvalue weighted by Crippen LogP contribution is 2.05. The lowest BCUT2D eigenvalue weighted by Crippen LogP contribution is -2.23. The zero-order valence-corrected chi connectivity index (χ0v) is 10.1.